The summed E-state index contributed by atoms with van der Waals surface area (Å²) >= 11 is 1.53. The number of hydrogen-bond donors (Lipinski definition) is 0. The quantitative estimate of drug-likeness (QED) is 0.535. The van der Waals surface area contributed by atoms with Gasteiger partial charge < -0.3 is 4.90 Å². The molecule has 9 heteroatoms. The number of anilines is 1. The van der Waals surface area contributed by atoms with Crippen LogP contribution in [0.2, 0.25) is 0 Å². The third kappa shape index (κ3) is 4.96. The van der Waals surface area contributed by atoms with E-state index in [0.717, 1.165) is 54.6 Å². The van der Waals surface area contributed by atoms with E-state index in [0.29, 0.717) is 18.9 Å². The van der Waals surface area contributed by atoms with E-state index in [1.165, 1.54) is 29.5 Å². The molecule has 0 amide bonds. The van der Waals surface area contributed by atoms with Gasteiger partial charge in [-0.3, -0.25) is 4.90 Å². The molecule has 158 valence electrons. The molecular weight excluding hydrogens is 416 g/mol. The molecule has 2 aromatic heterocycles. The normalized spacial score (nSPS) is 15.9. The number of alkyl halides is 3. The topological polar surface area (TPSA) is 32.3 Å². The molecule has 1 aliphatic rings. The van der Waals surface area contributed by atoms with Crippen molar-refractivity contribution >= 4 is 17.2 Å². The summed E-state index contributed by atoms with van der Waals surface area (Å²) in [5.74, 6) is 0.296. The number of nitrogens with zero attached hydrogens (tertiary/aromatic N) is 4. The zero-order valence-electron chi connectivity index (χ0n) is 16.1. The summed E-state index contributed by atoms with van der Waals surface area (Å²) in [6.07, 6.45) is -2.59. The maximum absolute atomic E-state index is 13.1. The summed E-state index contributed by atoms with van der Waals surface area (Å²) in [6, 6.07) is 8.81. The lowest BCUT2D eigenvalue weighted by atomic mass is 10.2. The van der Waals surface area contributed by atoms with Crippen LogP contribution in [-0.4, -0.2) is 41.0 Å². The van der Waals surface area contributed by atoms with Crippen LogP contribution in [0.5, 0.6) is 0 Å². The van der Waals surface area contributed by atoms with Gasteiger partial charge in [-0.25, -0.2) is 14.4 Å². The van der Waals surface area contributed by atoms with Gasteiger partial charge in [0.25, 0.3) is 0 Å². The molecule has 1 saturated heterocycles. The number of aromatic nitrogens is 2. The van der Waals surface area contributed by atoms with Crippen LogP contribution in [-0.2, 0) is 12.7 Å². The summed E-state index contributed by atoms with van der Waals surface area (Å²) in [6.45, 7) is 3.78. The van der Waals surface area contributed by atoms with Crippen LogP contribution in [0.3, 0.4) is 0 Å². The smallest absolute Gasteiger partial charge is 0.355 e. The highest BCUT2D eigenvalue weighted by Crippen LogP contribution is 2.29. The molecule has 3 aromatic rings. The van der Waals surface area contributed by atoms with E-state index in [-0.39, 0.29) is 5.82 Å². The maximum Gasteiger partial charge on any atom is 0.417 e. The second-order valence-corrected chi connectivity index (χ2v) is 8.03. The van der Waals surface area contributed by atoms with Gasteiger partial charge >= 0.3 is 6.18 Å². The van der Waals surface area contributed by atoms with Crippen LogP contribution in [0.15, 0.2) is 48.0 Å². The van der Waals surface area contributed by atoms with Crippen molar-refractivity contribution in [3.8, 4) is 10.6 Å². The molecule has 0 atom stereocenters. The average molecular weight is 436 g/mol. The Kier molecular flexibility index (Phi) is 6.01. The Morgan fingerprint density at radius 3 is 2.47 bits per heavy atom. The van der Waals surface area contributed by atoms with E-state index in [2.05, 4.69) is 14.9 Å². The predicted molar refractivity (Wildman–Crippen MR) is 109 cm³/mol. The molecule has 3 heterocycles. The molecule has 1 aromatic carbocycles. The highest BCUT2D eigenvalue weighted by atomic mass is 32.1. The van der Waals surface area contributed by atoms with Crippen molar-refractivity contribution in [2.75, 3.05) is 31.1 Å². The van der Waals surface area contributed by atoms with Gasteiger partial charge in [0.05, 0.1) is 11.3 Å². The number of benzene rings is 1. The molecule has 30 heavy (non-hydrogen) atoms. The second-order valence-electron chi connectivity index (χ2n) is 7.17. The molecule has 0 N–H and O–H groups in total. The number of thiazole rings is 1. The molecule has 1 fully saturated rings. The molecule has 1 aliphatic heterocycles. The third-order valence-electron chi connectivity index (χ3n) is 5.02. The van der Waals surface area contributed by atoms with E-state index in [4.69, 9.17) is 0 Å². The highest BCUT2D eigenvalue weighted by Gasteiger charge is 2.31. The zero-order chi connectivity index (χ0) is 21.1. The minimum Gasteiger partial charge on any atom is -0.355 e. The largest absolute Gasteiger partial charge is 0.417 e. The molecule has 0 spiro atoms. The Balaban J connectivity index is 1.36. The fraction of sp³-hybridized carbons (Fsp3) is 0.333. The molecule has 4 rings (SSSR count). The summed E-state index contributed by atoms with van der Waals surface area (Å²) in [5, 5.41) is 2.87. The SMILES string of the molecule is Fc1ccc(-c2nc(CN3CCCN(c4ccc(C(F)(F)F)cn4)CC3)cs2)cc1. The lowest BCUT2D eigenvalue weighted by molar-refractivity contribution is -0.137. The van der Waals surface area contributed by atoms with Crippen molar-refractivity contribution in [3.05, 3.63) is 65.0 Å². The maximum atomic E-state index is 13.1. The lowest BCUT2D eigenvalue weighted by Crippen LogP contribution is -2.31. The van der Waals surface area contributed by atoms with Crippen molar-refractivity contribution in [2.24, 2.45) is 0 Å². The Bertz CT molecular complexity index is 970. The first-order valence-electron chi connectivity index (χ1n) is 9.59. The molecule has 4 nitrogen and oxygen atoms in total. The predicted octanol–water partition coefficient (Wildman–Crippen LogP) is 5.08. The summed E-state index contributed by atoms with van der Waals surface area (Å²) in [5.41, 5.74) is 1.12. The van der Waals surface area contributed by atoms with Gasteiger partial charge in [0, 0.05) is 49.9 Å². The van der Waals surface area contributed by atoms with E-state index < -0.39 is 11.7 Å². The van der Waals surface area contributed by atoms with Gasteiger partial charge in [-0.2, -0.15) is 13.2 Å². The second kappa shape index (κ2) is 8.69. The monoisotopic (exact) mass is 436 g/mol. The summed E-state index contributed by atoms with van der Waals surface area (Å²) in [7, 11) is 0. The van der Waals surface area contributed by atoms with Crippen LogP contribution in [0.25, 0.3) is 10.6 Å². The lowest BCUT2D eigenvalue weighted by Gasteiger charge is -2.22. The third-order valence-corrected chi connectivity index (χ3v) is 5.96. The number of pyridine rings is 1. The first-order valence-corrected chi connectivity index (χ1v) is 10.5. The Morgan fingerprint density at radius 2 is 1.77 bits per heavy atom. The molecule has 0 saturated carbocycles. The average Bonchev–Trinajstić information content (AvgIpc) is 3.06. The van der Waals surface area contributed by atoms with Crippen molar-refractivity contribution in [1.82, 2.24) is 14.9 Å². The van der Waals surface area contributed by atoms with Crippen molar-refractivity contribution in [2.45, 2.75) is 19.1 Å². The first kappa shape index (κ1) is 20.7. The van der Waals surface area contributed by atoms with Gasteiger partial charge in [0.15, 0.2) is 0 Å². The number of hydrogen-bond acceptors (Lipinski definition) is 5. The van der Waals surface area contributed by atoms with E-state index >= 15 is 0 Å². The molecule has 0 unspecified atom stereocenters. The number of halogens is 4. The van der Waals surface area contributed by atoms with Crippen molar-refractivity contribution in [1.29, 1.82) is 0 Å². The minimum atomic E-state index is -4.37. The van der Waals surface area contributed by atoms with E-state index in [1.807, 2.05) is 10.3 Å². The molecule has 0 bridgehead atoms. The first-order chi connectivity index (χ1) is 14.4. The van der Waals surface area contributed by atoms with Gasteiger partial charge in [0.2, 0.25) is 0 Å². The standard InChI is InChI=1S/C21H20F4N4S/c22-17-5-2-15(3-6-17)20-27-18(14-30-20)13-28-8-1-9-29(11-10-28)19-7-4-16(12-26-19)21(23,24)25/h2-7,12,14H,1,8-11,13H2. The van der Waals surface area contributed by atoms with Gasteiger partial charge in [0.1, 0.15) is 16.6 Å². The van der Waals surface area contributed by atoms with Crippen LogP contribution in [0.1, 0.15) is 17.7 Å². The van der Waals surface area contributed by atoms with E-state index in [1.54, 1.807) is 12.1 Å². The summed E-state index contributed by atoms with van der Waals surface area (Å²) in [4.78, 5) is 13.0. The molecule has 0 aliphatic carbocycles. The summed E-state index contributed by atoms with van der Waals surface area (Å²) < 4.78 is 51.3. The Morgan fingerprint density at radius 1 is 0.967 bits per heavy atom. The van der Waals surface area contributed by atoms with Crippen LogP contribution in [0.4, 0.5) is 23.4 Å². The molecule has 0 radical (unpaired) electrons. The number of rotatable bonds is 4. The fourth-order valence-corrected chi connectivity index (χ4v) is 4.25. The van der Waals surface area contributed by atoms with Gasteiger partial charge in [-0.1, -0.05) is 0 Å². The van der Waals surface area contributed by atoms with Crippen molar-refractivity contribution < 1.29 is 17.6 Å². The Labute approximate surface area is 175 Å². The minimum absolute atomic E-state index is 0.271. The van der Waals surface area contributed by atoms with Crippen LogP contribution < -0.4 is 4.90 Å². The van der Waals surface area contributed by atoms with Gasteiger partial charge in [-0.05, 0) is 42.8 Å². The van der Waals surface area contributed by atoms with Crippen LogP contribution >= 0.6 is 11.3 Å². The van der Waals surface area contributed by atoms with Gasteiger partial charge in [-0.15, -0.1) is 11.3 Å². The Hall–Kier alpha value is -2.52. The van der Waals surface area contributed by atoms with Crippen LogP contribution in [0, 0.1) is 5.82 Å². The fourth-order valence-electron chi connectivity index (χ4n) is 3.43. The van der Waals surface area contributed by atoms with Crippen molar-refractivity contribution in [3.63, 3.8) is 0 Å². The zero-order valence-corrected chi connectivity index (χ0v) is 16.9. The molecular formula is C21H20F4N4S. The highest BCUT2D eigenvalue weighted by molar-refractivity contribution is 7.13. The van der Waals surface area contributed by atoms with E-state index in [9.17, 15) is 17.6 Å².